The zero-order chi connectivity index (χ0) is 16.4. The van der Waals surface area contributed by atoms with E-state index in [0.717, 1.165) is 30.5 Å². The summed E-state index contributed by atoms with van der Waals surface area (Å²) in [5, 5.41) is 0. The maximum atomic E-state index is 13.1. The maximum absolute atomic E-state index is 13.1. The second kappa shape index (κ2) is 6.16. The fourth-order valence-electron chi connectivity index (χ4n) is 2.91. The zero-order valence-electron chi connectivity index (χ0n) is 13.0. The Morgan fingerprint density at radius 3 is 2.61 bits per heavy atom. The highest BCUT2D eigenvalue weighted by molar-refractivity contribution is 7.92. The van der Waals surface area contributed by atoms with E-state index in [1.54, 1.807) is 18.2 Å². The minimum absolute atomic E-state index is 0.140. The lowest BCUT2D eigenvalue weighted by molar-refractivity contribution is 0.101. The highest BCUT2D eigenvalue weighted by Gasteiger charge is 2.28. The number of hydrogen-bond acceptors (Lipinski definition) is 3. The number of para-hydroxylation sites is 1. The van der Waals surface area contributed by atoms with Crippen molar-refractivity contribution in [3.8, 4) is 0 Å². The first-order chi connectivity index (χ1) is 11.0. The molecule has 0 aromatic heterocycles. The van der Waals surface area contributed by atoms with E-state index in [9.17, 15) is 13.2 Å². The molecule has 23 heavy (non-hydrogen) atoms. The van der Waals surface area contributed by atoms with Crippen LogP contribution in [-0.2, 0) is 16.4 Å². The van der Waals surface area contributed by atoms with Gasteiger partial charge in [-0.05, 0) is 49.9 Å². The standard InChI is InChI=1S/C18H19NO3S/c1-14(20)16-9-6-10-17(13-16)23(21,22)19-12-5-4-8-15-7-2-3-11-18(15)19/h2-3,6-7,9-11,13H,4-5,8,12H2,1H3. The lowest BCUT2D eigenvalue weighted by atomic mass is 10.1. The van der Waals surface area contributed by atoms with Gasteiger partial charge in [-0.1, -0.05) is 30.3 Å². The van der Waals surface area contributed by atoms with Crippen LogP contribution in [0.3, 0.4) is 0 Å². The quantitative estimate of drug-likeness (QED) is 0.811. The van der Waals surface area contributed by atoms with Crippen LogP contribution in [0.25, 0.3) is 0 Å². The van der Waals surface area contributed by atoms with E-state index in [1.165, 1.54) is 17.3 Å². The Morgan fingerprint density at radius 2 is 1.83 bits per heavy atom. The summed E-state index contributed by atoms with van der Waals surface area (Å²) in [4.78, 5) is 11.7. The normalized spacial score (nSPS) is 14.9. The van der Waals surface area contributed by atoms with Crippen LogP contribution in [0.5, 0.6) is 0 Å². The van der Waals surface area contributed by atoms with Gasteiger partial charge in [-0.3, -0.25) is 9.10 Å². The highest BCUT2D eigenvalue weighted by atomic mass is 32.2. The van der Waals surface area contributed by atoms with Gasteiger partial charge in [0, 0.05) is 12.1 Å². The van der Waals surface area contributed by atoms with Gasteiger partial charge in [-0.15, -0.1) is 0 Å². The van der Waals surface area contributed by atoms with Gasteiger partial charge in [0.15, 0.2) is 5.78 Å². The Balaban J connectivity index is 2.09. The molecule has 0 aliphatic carbocycles. The molecule has 0 saturated carbocycles. The number of carbonyl (C=O) groups excluding carboxylic acids is 1. The van der Waals surface area contributed by atoms with Crippen molar-refractivity contribution in [2.75, 3.05) is 10.8 Å². The third-order valence-electron chi connectivity index (χ3n) is 4.15. The van der Waals surface area contributed by atoms with Crippen LogP contribution in [0.4, 0.5) is 5.69 Å². The topological polar surface area (TPSA) is 54.5 Å². The molecule has 0 unspecified atom stereocenters. The average molecular weight is 329 g/mol. The molecule has 2 aromatic rings. The fourth-order valence-corrected chi connectivity index (χ4v) is 4.50. The van der Waals surface area contributed by atoms with Gasteiger partial charge in [0.1, 0.15) is 0 Å². The van der Waals surface area contributed by atoms with E-state index >= 15 is 0 Å². The Kier molecular flexibility index (Phi) is 4.22. The molecule has 0 radical (unpaired) electrons. The van der Waals surface area contributed by atoms with E-state index < -0.39 is 10.0 Å². The van der Waals surface area contributed by atoms with Crippen LogP contribution < -0.4 is 4.31 Å². The van der Waals surface area contributed by atoms with Crippen LogP contribution in [-0.4, -0.2) is 20.7 Å². The predicted molar refractivity (Wildman–Crippen MR) is 90.4 cm³/mol. The summed E-state index contributed by atoms with van der Waals surface area (Å²) in [6, 6.07) is 13.9. The first-order valence-electron chi connectivity index (χ1n) is 7.72. The number of ketones is 1. The Morgan fingerprint density at radius 1 is 1.04 bits per heavy atom. The number of sulfonamides is 1. The minimum atomic E-state index is -3.67. The van der Waals surface area contributed by atoms with E-state index in [0.29, 0.717) is 12.1 Å². The van der Waals surface area contributed by atoms with E-state index in [4.69, 9.17) is 0 Å². The molecule has 0 atom stereocenters. The molecule has 2 aromatic carbocycles. The number of benzene rings is 2. The van der Waals surface area contributed by atoms with E-state index in [1.807, 2.05) is 24.3 Å². The summed E-state index contributed by atoms with van der Waals surface area (Å²) in [6.45, 7) is 1.90. The van der Waals surface area contributed by atoms with Crippen molar-refractivity contribution in [3.05, 3.63) is 59.7 Å². The van der Waals surface area contributed by atoms with E-state index in [2.05, 4.69) is 0 Å². The zero-order valence-corrected chi connectivity index (χ0v) is 13.8. The van der Waals surface area contributed by atoms with Crippen LogP contribution in [0, 0.1) is 0 Å². The molecule has 0 fully saturated rings. The number of carbonyl (C=O) groups is 1. The van der Waals surface area contributed by atoms with Crippen molar-refractivity contribution in [1.29, 1.82) is 0 Å². The molecule has 0 N–H and O–H groups in total. The lowest BCUT2D eigenvalue weighted by Gasteiger charge is -2.24. The Labute approximate surface area is 136 Å². The van der Waals surface area contributed by atoms with Crippen molar-refractivity contribution in [2.45, 2.75) is 31.1 Å². The number of Topliss-reactive ketones (excluding diaryl/α,β-unsaturated/α-hetero) is 1. The maximum Gasteiger partial charge on any atom is 0.264 e. The Hall–Kier alpha value is -2.14. The molecule has 0 spiro atoms. The summed E-state index contributed by atoms with van der Waals surface area (Å²) in [6.07, 6.45) is 2.67. The number of hydrogen-bond donors (Lipinski definition) is 0. The SMILES string of the molecule is CC(=O)c1cccc(S(=O)(=O)N2CCCCc3ccccc32)c1. The highest BCUT2D eigenvalue weighted by Crippen LogP contribution is 2.31. The molecule has 0 amide bonds. The molecular formula is C18H19NO3S. The van der Waals surface area contributed by atoms with Crippen molar-refractivity contribution < 1.29 is 13.2 Å². The lowest BCUT2D eigenvalue weighted by Crippen LogP contribution is -2.32. The van der Waals surface area contributed by atoms with Gasteiger partial charge in [-0.2, -0.15) is 0 Å². The van der Waals surface area contributed by atoms with Gasteiger partial charge < -0.3 is 0 Å². The molecule has 0 bridgehead atoms. The van der Waals surface area contributed by atoms with Crippen molar-refractivity contribution >= 4 is 21.5 Å². The van der Waals surface area contributed by atoms with Gasteiger partial charge in [0.2, 0.25) is 0 Å². The van der Waals surface area contributed by atoms with Gasteiger partial charge in [0.25, 0.3) is 10.0 Å². The van der Waals surface area contributed by atoms with Crippen LogP contribution in [0.2, 0.25) is 0 Å². The molecule has 1 aliphatic heterocycles. The van der Waals surface area contributed by atoms with Gasteiger partial charge in [-0.25, -0.2) is 8.42 Å². The summed E-state index contributed by atoms with van der Waals surface area (Å²) < 4.78 is 27.7. The number of aryl methyl sites for hydroxylation is 1. The minimum Gasteiger partial charge on any atom is -0.295 e. The number of nitrogens with zero attached hydrogens (tertiary/aromatic N) is 1. The molecule has 5 heteroatoms. The third-order valence-corrected chi connectivity index (χ3v) is 5.96. The van der Waals surface area contributed by atoms with Gasteiger partial charge in [0.05, 0.1) is 10.6 Å². The smallest absolute Gasteiger partial charge is 0.264 e. The monoisotopic (exact) mass is 329 g/mol. The van der Waals surface area contributed by atoms with Crippen LogP contribution >= 0.6 is 0 Å². The van der Waals surface area contributed by atoms with Crippen molar-refractivity contribution in [3.63, 3.8) is 0 Å². The van der Waals surface area contributed by atoms with E-state index in [-0.39, 0.29) is 10.7 Å². The molecule has 0 saturated heterocycles. The predicted octanol–water partition coefficient (Wildman–Crippen LogP) is 3.42. The average Bonchev–Trinajstić information content (AvgIpc) is 2.77. The van der Waals surface area contributed by atoms with Gasteiger partial charge >= 0.3 is 0 Å². The molecule has 4 nitrogen and oxygen atoms in total. The summed E-state index contributed by atoms with van der Waals surface area (Å²) in [5.41, 5.74) is 2.21. The fraction of sp³-hybridized carbons (Fsp3) is 0.278. The summed E-state index contributed by atoms with van der Waals surface area (Å²) >= 11 is 0. The van der Waals surface area contributed by atoms with Crippen LogP contribution in [0.1, 0.15) is 35.7 Å². The first kappa shape index (κ1) is 15.7. The van der Waals surface area contributed by atoms with Crippen molar-refractivity contribution in [1.82, 2.24) is 0 Å². The summed E-state index contributed by atoms with van der Waals surface area (Å²) in [7, 11) is -3.67. The number of fused-ring (bicyclic) bond motifs is 1. The van der Waals surface area contributed by atoms with Crippen molar-refractivity contribution in [2.24, 2.45) is 0 Å². The largest absolute Gasteiger partial charge is 0.295 e. The molecule has 120 valence electrons. The number of anilines is 1. The second-order valence-electron chi connectivity index (χ2n) is 5.75. The third kappa shape index (κ3) is 3.01. The van der Waals surface area contributed by atoms with Crippen LogP contribution in [0.15, 0.2) is 53.4 Å². The molecule has 1 heterocycles. The Bertz CT molecular complexity index is 843. The molecular weight excluding hydrogens is 310 g/mol. The summed E-state index contributed by atoms with van der Waals surface area (Å²) in [5.74, 6) is -0.140. The first-order valence-corrected chi connectivity index (χ1v) is 9.16. The molecule has 1 aliphatic rings. The number of rotatable bonds is 3. The second-order valence-corrected chi connectivity index (χ2v) is 7.61. The molecule has 3 rings (SSSR count).